The number of nitrogens with zero attached hydrogens (tertiary/aromatic N) is 1. The average molecular weight is 449 g/mol. The Labute approximate surface area is 187 Å². The maximum absolute atomic E-state index is 12.8. The molecule has 0 aliphatic heterocycles. The maximum Gasteiger partial charge on any atom is 0.416 e. The number of pyridine rings is 1. The molecule has 8 heteroatoms. The van der Waals surface area contributed by atoms with Crippen molar-refractivity contribution in [3.63, 3.8) is 0 Å². The van der Waals surface area contributed by atoms with Gasteiger partial charge in [-0.15, -0.1) is 0 Å². The summed E-state index contributed by atoms with van der Waals surface area (Å²) in [5.74, 6) is -0.887. The molecule has 2 amide bonds. The first kappa shape index (κ1) is 22.0. The number of carbonyl (C=O) groups excluding carboxylic acids is 2. The van der Waals surface area contributed by atoms with Gasteiger partial charge in [0.1, 0.15) is 0 Å². The lowest BCUT2D eigenvalue weighted by Crippen LogP contribution is -2.15. The maximum atomic E-state index is 12.8. The van der Waals surface area contributed by atoms with Crippen LogP contribution in [0.15, 0.2) is 79.0 Å². The topological polar surface area (TPSA) is 71.1 Å². The summed E-state index contributed by atoms with van der Waals surface area (Å²) in [6, 6.07) is 17.7. The van der Waals surface area contributed by atoms with E-state index in [2.05, 4.69) is 15.6 Å². The van der Waals surface area contributed by atoms with Gasteiger partial charge in [0.2, 0.25) is 0 Å². The van der Waals surface area contributed by atoms with Crippen LogP contribution in [0.4, 0.5) is 24.5 Å². The Bertz CT molecular complexity index is 1350. The van der Waals surface area contributed by atoms with Crippen molar-refractivity contribution in [2.24, 2.45) is 0 Å². The van der Waals surface area contributed by atoms with Crippen molar-refractivity contribution in [1.82, 2.24) is 4.98 Å². The molecule has 5 nitrogen and oxygen atoms in total. The van der Waals surface area contributed by atoms with Crippen molar-refractivity contribution < 1.29 is 22.8 Å². The number of anilines is 2. The number of nitrogens with one attached hydrogen (secondary N) is 2. The largest absolute Gasteiger partial charge is 0.416 e. The molecule has 0 fully saturated rings. The minimum atomic E-state index is -4.47. The van der Waals surface area contributed by atoms with Crippen LogP contribution < -0.4 is 10.6 Å². The fourth-order valence-corrected chi connectivity index (χ4v) is 3.26. The number of benzene rings is 3. The first-order chi connectivity index (χ1) is 15.7. The smallest absolute Gasteiger partial charge is 0.322 e. The lowest BCUT2D eigenvalue weighted by molar-refractivity contribution is -0.137. The second kappa shape index (κ2) is 8.74. The van der Waals surface area contributed by atoms with Crippen molar-refractivity contribution in [3.05, 3.63) is 101 Å². The Morgan fingerprint density at radius 1 is 0.818 bits per heavy atom. The van der Waals surface area contributed by atoms with Gasteiger partial charge in [0, 0.05) is 34.1 Å². The molecule has 0 unspecified atom stereocenters. The van der Waals surface area contributed by atoms with Crippen LogP contribution in [0.2, 0.25) is 0 Å². The zero-order valence-electron chi connectivity index (χ0n) is 17.4. The summed E-state index contributed by atoms with van der Waals surface area (Å²) < 4.78 is 38.1. The predicted molar refractivity (Wildman–Crippen MR) is 120 cm³/mol. The molecule has 0 saturated carbocycles. The summed E-state index contributed by atoms with van der Waals surface area (Å²) >= 11 is 0. The minimum Gasteiger partial charge on any atom is -0.322 e. The van der Waals surface area contributed by atoms with E-state index in [0.717, 1.165) is 40.7 Å². The van der Waals surface area contributed by atoms with Crippen molar-refractivity contribution in [3.8, 4) is 0 Å². The van der Waals surface area contributed by atoms with Gasteiger partial charge in [0.25, 0.3) is 11.8 Å². The third-order valence-electron chi connectivity index (χ3n) is 5.08. The van der Waals surface area contributed by atoms with E-state index in [1.807, 2.05) is 6.07 Å². The first-order valence-corrected chi connectivity index (χ1v) is 9.96. The summed E-state index contributed by atoms with van der Waals surface area (Å²) in [5, 5.41) is 6.31. The van der Waals surface area contributed by atoms with E-state index in [1.165, 1.54) is 0 Å². The molecule has 0 saturated heterocycles. The van der Waals surface area contributed by atoms with Crippen LogP contribution in [0.1, 0.15) is 31.8 Å². The molecule has 0 atom stereocenters. The Balaban J connectivity index is 1.50. The van der Waals surface area contributed by atoms with Crippen LogP contribution in [0.25, 0.3) is 10.9 Å². The highest BCUT2D eigenvalue weighted by Gasteiger charge is 2.30. The number of rotatable bonds is 4. The fourth-order valence-electron chi connectivity index (χ4n) is 3.26. The van der Waals surface area contributed by atoms with Crippen LogP contribution in [-0.4, -0.2) is 16.8 Å². The van der Waals surface area contributed by atoms with E-state index in [1.54, 1.807) is 55.6 Å². The highest BCUT2D eigenvalue weighted by molar-refractivity contribution is 6.08. The molecule has 3 aromatic carbocycles. The number of carbonyl (C=O) groups is 2. The van der Waals surface area contributed by atoms with Crippen molar-refractivity contribution >= 4 is 34.1 Å². The number of halogens is 3. The Morgan fingerprint density at radius 3 is 2.24 bits per heavy atom. The average Bonchev–Trinajstić information content (AvgIpc) is 2.80. The van der Waals surface area contributed by atoms with Gasteiger partial charge in [-0.3, -0.25) is 14.6 Å². The molecule has 0 spiro atoms. The molecular weight excluding hydrogens is 431 g/mol. The molecule has 2 N–H and O–H groups in total. The van der Waals surface area contributed by atoms with Gasteiger partial charge >= 0.3 is 6.18 Å². The lowest BCUT2D eigenvalue weighted by atomic mass is 10.1. The quantitative estimate of drug-likeness (QED) is 0.397. The fraction of sp³-hybridized carbons (Fsp3) is 0.0800. The summed E-state index contributed by atoms with van der Waals surface area (Å²) in [7, 11) is 0. The molecule has 4 aromatic rings. The van der Waals surface area contributed by atoms with Crippen LogP contribution in [-0.2, 0) is 6.18 Å². The summed E-state index contributed by atoms with van der Waals surface area (Å²) in [6.45, 7) is 1.81. The van der Waals surface area contributed by atoms with E-state index >= 15 is 0 Å². The number of amides is 2. The Morgan fingerprint density at radius 2 is 1.52 bits per heavy atom. The zero-order valence-corrected chi connectivity index (χ0v) is 17.4. The van der Waals surface area contributed by atoms with Gasteiger partial charge in [-0.1, -0.05) is 12.1 Å². The standard InChI is InChI=1S/C25H18F3N3O2/c1-15-4-10-20(30-23(32)16-5-8-19(9-6-16)25(26,27)28)14-22(15)31-24(33)18-7-11-21-17(13-18)3-2-12-29-21/h2-14H,1H3,(H,30,32)(H,31,33). The highest BCUT2D eigenvalue weighted by Crippen LogP contribution is 2.29. The summed E-state index contributed by atoms with van der Waals surface area (Å²) in [5.41, 5.74) is 2.15. The van der Waals surface area contributed by atoms with Gasteiger partial charge in [-0.25, -0.2) is 0 Å². The van der Waals surface area contributed by atoms with Gasteiger partial charge in [0.05, 0.1) is 11.1 Å². The molecular formula is C25H18F3N3O2. The summed E-state index contributed by atoms with van der Waals surface area (Å²) in [6.07, 6.45) is -2.80. The number of alkyl halides is 3. The van der Waals surface area contributed by atoms with E-state index in [9.17, 15) is 22.8 Å². The van der Waals surface area contributed by atoms with Gasteiger partial charge in [-0.2, -0.15) is 13.2 Å². The van der Waals surface area contributed by atoms with Gasteiger partial charge < -0.3 is 10.6 Å². The molecule has 33 heavy (non-hydrogen) atoms. The molecule has 0 radical (unpaired) electrons. The highest BCUT2D eigenvalue weighted by atomic mass is 19.4. The third-order valence-corrected chi connectivity index (χ3v) is 5.08. The van der Waals surface area contributed by atoms with Crippen LogP contribution in [0.5, 0.6) is 0 Å². The van der Waals surface area contributed by atoms with E-state index in [4.69, 9.17) is 0 Å². The Kier molecular flexibility index (Phi) is 5.83. The molecule has 0 bridgehead atoms. The molecule has 166 valence electrons. The second-order valence-electron chi connectivity index (χ2n) is 7.42. The number of hydrogen-bond donors (Lipinski definition) is 2. The van der Waals surface area contributed by atoms with E-state index < -0.39 is 17.6 Å². The van der Waals surface area contributed by atoms with E-state index in [-0.39, 0.29) is 11.5 Å². The molecule has 0 aliphatic carbocycles. The van der Waals surface area contributed by atoms with Crippen molar-refractivity contribution in [2.45, 2.75) is 13.1 Å². The zero-order chi connectivity index (χ0) is 23.6. The number of aryl methyl sites for hydroxylation is 1. The first-order valence-electron chi connectivity index (χ1n) is 9.96. The Hall–Kier alpha value is -4.20. The van der Waals surface area contributed by atoms with E-state index in [0.29, 0.717) is 16.9 Å². The van der Waals surface area contributed by atoms with Crippen molar-refractivity contribution in [2.75, 3.05) is 10.6 Å². The van der Waals surface area contributed by atoms with Crippen LogP contribution in [0, 0.1) is 6.92 Å². The number of fused-ring (bicyclic) bond motifs is 1. The molecule has 4 rings (SSSR count). The van der Waals surface area contributed by atoms with Crippen LogP contribution >= 0.6 is 0 Å². The van der Waals surface area contributed by atoms with Gasteiger partial charge in [0.15, 0.2) is 0 Å². The normalized spacial score (nSPS) is 11.3. The second-order valence-corrected chi connectivity index (χ2v) is 7.42. The molecule has 1 heterocycles. The lowest BCUT2D eigenvalue weighted by Gasteiger charge is -2.12. The van der Waals surface area contributed by atoms with Crippen LogP contribution in [0.3, 0.4) is 0 Å². The number of hydrogen-bond acceptors (Lipinski definition) is 3. The van der Waals surface area contributed by atoms with Gasteiger partial charge in [-0.05, 0) is 73.2 Å². The third kappa shape index (κ3) is 5.01. The SMILES string of the molecule is Cc1ccc(NC(=O)c2ccc(C(F)(F)F)cc2)cc1NC(=O)c1ccc2ncccc2c1. The minimum absolute atomic E-state index is 0.0823. The van der Waals surface area contributed by atoms with Crippen molar-refractivity contribution in [1.29, 1.82) is 0 Å². The molecule has 0 aliphatic rings. The summed E-state index contributed by atoms with van der Waals surface area (Å²) in [4.78, 5) is 29.5. The molecule has 1 aromatic heterocycles. The number of aromatic nitrogens is 1. The monoisotopic (exact) mass is 449 g/mol. The predicted octanol–water partition coefficient (Wildman–Crippen LogP) is 6.07.